The van der Waals surface area contributed by atoms with E-state index in [1.54, 1.807) is 52.3 Å². The molecule has 4 amide bonds. The minimum atomic E-state index is -3.93. The molecule has 0 spiro atoms. The topological polar surface area (TPSA) is 199 Å². The van der Waals surface area contributed by atoms with Crippen molar-refractivity contribution in [1.82, 2.24) is 25.2 Å². The molecule has 56 heavy (non-hydrogen) atoms. The Bertz CT molecular complexity index is 2020. The summed E-state index contributed by atoms with van der Waals surface area (Å²) in [4.78, 5) is 74.1. The molecule has 16 heteroatoms. The van der Waals surface area contributed by atoms with Crippen LogP contribution in [0, 0.1) is 11.8 Å². The second-order valence-corrected chi connectivity index (χ2v) is 18.1. The van der Waals surface area contributed by atoms with Crippen molar-refractivity contribution in [3.8, 4) is 11.6 Å². The Morgan fingerprint density at radius 2 is 1.86 bits per heavy atom. The molecule has 2 aromatic rings. The predicted molar refractivity (Wildman–Crippen MR) is 206 cm³/mol. The molecule has 302 valence electrons. The van der Waals surface area contributed by atoms with Gasteiger partial charge in [-0.2, -0.15) is 0 Å². The van der Waals surface area contributed by atoms with Gasteiger partial charge < -0.3 is 29.7 Å². The lowest BCUT2D eigenvalue weighted by Crippen LogP contribution is -2.58. The van der Waals surface area contributed by atoms with E-state index in [4.69, 9.17) is 14.2 Å². The maximum absolute atomic E-state index is 14.6. The fraction of sp³-hybridized carbons (Fsp3) is 0.550. The van der Waals surface area contributed by atoms with Crippen molar-refractivity contribution >= 4 is 50.4 Å². The van der Waals surface area contributed by atoms with E-state index in [0.717, 1.165) is 24.6 Å². The number of nitrogens with zero attached hydrogens (tertiary/aromatic N) is 2. The number of hydrogen-bond acceptors (Lipinski definition) is 11. The highest BCUT2D eigenvalue weighted by atomic mass is 32.2. The molecule has 0 radical (unpaired) electrons. The molecular formula is C40H51N5O10S. The van der Waals surface area contributed by atoms with Crippen molar-refractivity contribution in [3.63, 3.8) is 0 Å². The van der Waals surface area contributed by atoms with E-state index in [0.29, 0.717) is 29.9 Å². The van der Waals surface area contributed by atoms with E-state index in [2.05, 4.69) is 26.9 Å². The molecule has 1 saturated heterocycles. The van der Waals surface area contributed by atoms with E-state index in [1.165, 1.54) is 17.1 Å². The van der Waals surface area contributed by atoms with Crippen molar-refractivity contribution in [3.05, 3.63) is 55.3 Å². The molecule has 15 nitrogen and oxygen atoms in total. The fourth-order valence-corrected chi connectivity index (χ4v) is 8.42. The van der Waals surface area contributed by atoms with Crippen LogP contribution in [0.3, 0.4) is 0 Å². The van der Waals surface area contributed by atoms with Crippen LogP contribution >= 0.6 is 0 Å². The number of allylic oxidation sites excluding steroid dienone is 2. The summed E-state index contributed by atoms with van der Waals surface area (Å²) in [5, 5.41) is 6.16. The van der Waals surface area contributed by atoms with Crippen LogP contribution in [0.4, 0.5) is 4.79 Å². The normalized spacial score (nSPS) is 24.1. The Balaban J connectivity index is 1.27. The summed E-state index contributed by atoms with van der Waals surface area (Å²) in [6, 6.07) is 4.66. The Morgan fingerprint density at radius 3 is 2.48 bits per heavy atom. The summed E-state index contributed by atoms with van der Waals surface area (Å²) in [5.41, 5.74) is -2.49. The third kappa shape index (κ3) is 9.51. The molecule has 1 aromatic heterocycles. The first kappa shape index (κ1) is 40.7. The average molecular weight is 794 g/mol. The maximum Gasteiger partial charge on any atom is 0.408 e. The number of carbonyl (C=O) groups excluding carboxylic acids is 5. The first-order valence-corrected chi connectivity index (χ1v) is 20.7. The molecule has 1 aliphatic heterocycles. The van der Waals surface area contributed by atoms with Gasteiger partial charge in [0.25, 0.3) is 5.91 Å². The van der Waals surface area contributed by atoms with Crippen molar-refractivity contribution < 1.29 is 46.6 Å². The molecule has 4 aliphatic rings. The number of ether oxygens (including phenoxy) is 3. The Hall–Kier alpha value is -4.99. The largest absolute Gasteiger partial charge is 0.497 e. The van der Waals surface area contributed by atoms with Crippen LogP contribution in [0.1, 0.15) is 78.6 Å². The minimum absolute atomic E-state index is 0.0369. The highest BCUT2D eigenvalue weighted by Crippen LogP contribution is 2.45. The van der Waals surface area contributed by atoms with Crippen LogP contribution in [0.2, 0.25) is 0 Å². The molecule has 4 fully saturated rings. The molecule has 1 aromatic carbocycles. The van der Waals surface area contributed by atoms with Gasteiger partial charge in [0.05, 0.1) is 18.9 Å². The third-order valence-corrected chi connectivity index (χ3v) is 12.5. The molecular weight excluding hydrogens is 743 g/mol. The smallest absolute Gasteiger partial charge is 0.408 e. The van der Waals surface area contributed by atoms with Gasteiger partial charge in [-0.3, -0.25) is 23.9 Å². The van der Waals surface area contributed by atoms with Crippen molar-refractivity contribution in [1.29, 1.82) is 0 Å². The number of fused-ring (bicyclic) bond motifs is 1. The van der Waals surface area contributed by atoms with Gasteiger partial charge in [0.2, 0.25) is 27.7 Å². The zero-order chi connectivity index (χ0) is 40.4. The van der Waals surface area contributed by atoms with E-state index < -0.39 is 74.3 Å². The Labute approximate surface area is 327 Å². The van der Waals surface area contributed by atoms with Gasteiger partial charge in [-0.1, -0.05) is 18.6 Å². The lowest BCUT2D eigenvalue weighted by molar-refractivity contribution is -0.141. The van der Waals surface area contributed by atoms with Gasteiger partial charge in [-0.25, -0.2) is 18.2 Å². The van der Waals surface area contributed by atoms with Crippen LogP contribution < -0.4 is 24.8 Å². The average Bonchev–Trinajstić information content (AvgIpc) is 4.05. The SMILES string of the molecule is C=CC1CC1(NC(=O)C1CC(Oc2nccc3cc(OC)ccc23)CN1C(=O)C(CCC(=O)C=CC1CCC1)NC(=O)OC(C)(C)C)C(=O)NS(=O)(=O)C1CC1. The van der Waals surface area contributed by atoms with E-state index in [1.807, 2.05) is 12.1 Å². The number of sulfonamides is 1. The number of nitrogens with one attached hydrogen (secondary N) is 3. The molecule has 3 saturated carbocycles. The fourth-order valence-electron chi connectivity index (χ4n) is 7.05. The van der Waals surface area contributed by atoms with Crippen molar-refractivity contribution in [2.24, 2.45) is 11.8 Å². The van der Waals surface area contributed by atoms with Crippen molar-refractivity contribution in [2.75, 3.05) is 13.7 Å². The highest BCUT2D eigenvalue weighted by Gasteiger charge is 2.62. The van der Waals surface area contributed by atoms with Gasteiger partial charge in [0.1, 0.15) is 35.1 Å². The molecule has 3 N–H and O–H groups in total. The summed E-state index contributed by atoms with van der Waals surface area (Å²) >= 11 is 0. The minimum Gasteiger partial charge on any atom is -0.497 e. The zero-order valence-electron chi connectivity index (χ0n) is 32.2. The first-order valence-electron chi connectivity index (χ1n) is 19.1. The summed E-state index contributed by atoms with van der Waals surface area (Å²) in [6.07, 6.45) is 8.72. The van der Waals surface area contributed by atoms with E-state index >= 15 is 0 Å². The number of benzene rings is 1. The van der Waals surface area contributed by atoms with Gasteiger partial charge >= 0.3 is 6.09 Å². The molecule has 5 unspecified atom stereocenters. The van der Waals surface area contributed by atoms with Gasteiger partial charge in [-0.15, -0.1) is 6.58 Å². The summed E-state index contributed by atoms with van der Waals surface area (Å²) in [7, 11) is -2.38. The number of aromatic nitrogens is 1. The lowest BCUT2D eigenvalue weighted by Gasteiger charge is -2.30. The number of pyridine rings is 1. The Kier molecular flexibility index (Phi) is 11.8. The number of likely N-dealkylation sites (tertiary alicyclic amines) is 1. The van der Waals surface area contributed by atoms with E-state index in [-0.39, 0.29) is 43.9 Å². The molecule has 6 rings (SSSR count). The quantitative estimate of drug-likeness (QED) is 0.165. The van der Waals surface area contributed by atoms with Crippen LogP contribution in [0.5, 0.6) is 11.6 Å². The first-order chi connectivity index (χ1) is 26.5. The number of carbonyl (C=O) groups is 5. The zero-order valence-corrected chi connectivity index (χ0v) is 33.1. The standard InChI is InChI=1S/C40H51N5O10S/c1-6-26-22-40(26,37(49)44-56(51,52)30-14-15-30)43-34(47)33-21-29(54-35-31-16-13-28(53-5)20-25(31)18-19-41-35)23-45(33)36(48)32(42-38(50)55-39(2,3)4)17-12-27(46)11-10-24-8-7-9-24/h6,10-11,13,16,18-20,24,26,29-30,32-33H,1,7-9,12,14-15,17,21-23H2,2-5H3,(H,42,50)(H,43,47)(H,44,49). The second kappa shape index (κ2) is 16.2. The lowest BCUT2D eigenvalue weighted by atomic mass is 9.85. The monoisotopic (exact) mass is 793 g/mol. The van der Waals surface area contributed by atoms with Gasteiger partial charge in [0, 0.05) is 30.3 Å². The van der Waals surface area contributed by atoms with Crippen LogP contribution in [-0.4, -0.2) is 96.1 Å². The van der Waals surface area contributed by atoms with Crippen LogP contribution in [0.25, 0.3) is 10.8 Å². The summed E-state index contributed by atoms with van der Waals surface area (Å²) in [6.45, 7) is 8.67. The summed E-state index contributed by atoms with van der Waals surface area (Å²) < 4.78 is 44.8. The molecule has 2 heterocycles. The van der Waals surface area contributed by atoms with E-state index in [9.17, 15) is 32.4 Å². The number of alkyl carbamates (subject to hydrolysis) is 1. The van der Waals surface area contributed by atoms with Gasteiger partial charge in [-0.05, 0) is 101 Å². The van der Waals surface area contributed by atoms with Crippen LogP contribution in [0.15, 0.2) is 55.3 Å². The molecule has 0 bridgehead atoms. The second-order valence-electron chi connectivity index (χ2n) is 16.1. The predicted octanol–water partition coefficient (Wildman–Crippen LogP) is 3.86. The number of rotatable bonds is 16. The van der Waals surface area contributed by atoms with Gasteiger partial charge in [0.15, 0.2) is 5.78 Å². The summed E-state index contributed by atoms with van der Waals surface area (Å²) in [5.74, 6) is -1.80. The highest BCUT2D eigenvalue weighted by molar-refractivity contribution is 7.91. The van der Waals surface area contributed by atoms with Crippen molar-refractivity contribution in [2.45, 2.75) is 113 Å². The van der Waals surface area contributed by atoms with Crippen LogP contribution in [-0.2, 0) is 33.9 Å². The Morgan fingerprint density at radius 1 is 1.11 bits per heavy atom. The third-order valence-electron chi connectivity index (χ3n) is 10.7. The number of hydrogen-bond donors (Lipinski definition) is 3. The number of ketones is 1. The molecule has 3 aliphatic carbocycles. The maximum atomic E-state index is 14.6. The molecule has 5 atom stereocenters. The number of methoxy groups -OCH3 is 1. The number of amides is 4.